The maximum absolute atomic E-state index is 12.2. The van der Waals surface area contributed by atoms with Crippen LogP contribution in [0.4, 0.5) is 5.69 Å². The van der Waals surface area contributed by atoms with Crippen molar-refractivity contribution in [3.8, 4) is 5.75 Å². The zero-order valence-electron chi connectivity index (χ0n) is 12.9. The van der Waals surface area contributed by atoms with Gasteiger partial charge in [-0.05, 0) is 18.6 Å². The van der Waals surface area contributed by atoms with Crippen molar-refractivity contribution in [3.05, 3.63) is 24.3 Å². The highest BCUT2D eigenvalue weighted by Crippen LogP contribution is 2.22. The topological polar surface area (TPSA) is 58.8 Å². The van der Waals surface area contributed by atoms with Gasteiger partial charge >= 0.3 is 0 Å². The van der Waals surface area contributed by atoms with Gasteiger partial charge in [-0.25, -0.2) is 0 Å². The Hall–Kier alpha value is -1.75. The highest BCUT2D eigenvalue weighted by atomic mass is 16.5. The van der Waals surface area contributed by atoms with Crippen LogP contribution in [0.2, 0.25) is 0 Å². The van der Waals surface area contributed by atoms with Crippen LogP contribution >= 0.6 is 0 Å². The molecule has 0 spiro atoms. The van der Waals surface area contributed by atoms with Crippen molar-refractivity contribution in [3.63, 3.8) is 0 Å². The summed E-state index contributed by atoms with van der Waals surface area (Å²) in [7, 11) is 1.67. The Morgan fingerprint density at radius 1 is 1.33 bits per heavy atom. The fourth-order valence-corrected chi connectivity index (χ4v) is 2.66. The number of benzene rings is 1. The predicted molar refractivity (Wildman–Crippen MR) is 84.7 cm³/mol. The van der Waals surface area contributed by atoms with Gasteiger partial charge in [0.25, 0.3) is 0 Å². The molecule has 116 valence electrons. The van der Waals surface area contributed by atoms with E-state index in [1.807, 2.05) is 30.0 Å². The quantitative estimate of drug-likeness (QED) is 0.892. The molecule has 5 nitrogen and oxygen atoms in total. The molecule has 21 heavy (non-hydrogen) atoms. The van der Waals surface area contributed by atoms with Gasteiger partial charge in [0.05, 0.1) is 13.2 Å². The van der Waals surface area contributed by atoms with Crippen molar-refractivity contribution in [2.45, 2.75) is 25.8 Å². The Morgan fingerprint density at radius 3 is 2.67 bits per heavy atom. The van der Waals surface area contributed by atoms with Gasteiger partial charge in [-0.2, -0.15) is 0 Å². The minimum Gasteiger partial charge on any atom is -0.497 e. The number of piperazine rings is 1. The Bertz CT molecular complexity index is 470. The van der Waals surface area contributed by atoms with Gasteiger partial charge in [-0.15, -0.1) is 0 Å². The van der Waals surface area contributed by atoms with Crippen LogP contribution in [0.25, 0.3) is 0 Å². The minimum atomic E-state index is -0.349. The lowest BCUT2D eigenvalue weighted by Gasteiger charge is -2.37. The molecule has 1 atom stereocenters. The lowest BCUT2D eigenvalue weighted by atomic mass is 10.1. The second kappa shape index (κ2) is 7.31. The molecular formula is C16H25N3O2. The summed E-state index contributed by atoms with van der Waals surface area (Å²) in [5, 5.41) is 0. The molecule has 2 N–H and O–H groups in total. The van der Waals surface area contributed by atoms with Crippen molar-refractivity contribution < 1.29 is 9.53 Å². The van der Waals surface area contributed by atoms with Crippen LogP contribution in [0.15, 0.2) is 24.3 Å². The molecule has 0 bridgehead atoms. The molecule has 1 heterocycles. The van der Waals surface area contributed by atoms with Crippen LogP contribution in [-0.2, 0) is 4.79 Å². The lowest BCUT2D eigenvalue weighted by molar-refractivity contribution is -0.133. The summed E-state index contributed by atoms with van der Waals surface area (Å²) in [6.45, 7) is 5.17. The molecule has 2 rings (SSSR count). The van der Waals surface area contributed by atoms with E-state index in [0.717, 1.165) is 50.5 Å². The van der Waals surface area contributed by atoms with E-state index in [1.165, 1.54) is 0 Å². The number of ether oxygens (including phenoxy) is 1. The molecule has 1 unspecified atom stereocenters. The van der Waals surface area contributed by atoms with Crippen molar-refractivity contribution in [1.29, 1.82) is 0 Å². The third kappa shape index (κ3) is 3.88. The summed E-state index contributed by atoms with van der Waals surface area (Å²) in [5.74, 6) is 0.943. The first-order valence-electron chi connectivity index (χ1n) is 7.59. The average molecular weight is 291 g/mol. The number of nitrogens with two attached hydrogens (primary N) is 1. The highest BCUT2D eigenvalue weighted by molar-refractivity contribution is 5.81. The Labute approximate surface area is 126 Å². The zero-order chi connectivity index (χ0) is 15.2. The summed E-state index contributed by atoms with van der Waals surface area (Å²) in [5.41, 5.74) is 7.06. The number of hydrogen-bond acceptors (Lipinski definition) is 4. The largest absolute Gasteiger partial charge is 0.497 e. The number of hydrogen-bond donors (Lipinski definition) is 1. The van der Waals surface area contributed by atoms with Crippen LogP contribution in [-0.4, -0.2) is 50.1 Å². The molecule has 1 amide bonds. The molecule has 0 radical (unpaired) electrons. The molecule has 0 aliphatic carbocycles. The van der Waals surface area contributed by atoms with E-state index in [1.54, 1.807) is 7.11 Å². The van der Waals surface area contributed by atoms with Crippen molar-refractivity contribution >= 4 is 11.6 Å². The molecule has 1 aliphatic rings. The molecule has 1 fully saturated rings. The van der Waals surface area contributed by atoms with E-state index in [4.69, 9.17) is 10.5 Å². The third-order valence-corrected chi connectivity index (χ3v) is 3.93. The molecule has 1 aliphatic heterocycles. The highest BCUT2D eigenvalue weighted by Gasteiger charge is 2.24. The van der Waals surface area contributed by atoms with Gasteiger partial charge in [-0.3, -0.25) is 4.79 Å². The van der Waals surface area contributed by atoms with E-state index in [-0.39, 0.29) is 11.9 Å². The van der Waals surface area contributed by atoms with Crippen molar-refractivity contribution in [2.75, 3.05) is 38.2 Å². The van der Waals surface area contributed by atoms with E-state index >= 15 is 0 Å². The maximum atomic E-state index is 12.2. The van der Waals surface area contributed by atoms with Crippen LogP contribution in [0.5, 0.6) is 5.75 Å². The number of carbonyl (C=O) groups is 1. The number of nitrogens with zero attached hydrogens (tertiary/aromatic N) is 2. The molecule has 1 aromatic rings. The first kappa shape index (κ1) is 15.6. The van der Waals surface area contributed by atoms with Crippen molar-refractivity contribution in [1.82, 2.24) is 4.90 Å². The number of rotatable bonds is 5. The molecule has 5 heteroatoms. The molecule has 0 aromatic heterocycles. The van der Waals surface area contributed by atoms with Gasteiger partial charge in [-0.1, -0.05) is 19.4 Å². The second-order valence-electron chi connectivity index (χ2n) is 5.41. The summed E-state index contributed by atoms with van der Waals surface area (Å²) in [6.07, 6.45) is 1.70. The second-order valence-corrected chi connectivity index (χ2v) is 5.41. The van der Waals surface area contributed by atoms with E-state index < -0.39 is 0 Å². The maximum Gasteiger partial charge on any atom is 0.239 e. The minimum absolute atomic E-state index is 0.0853. The predicted octanol–water partition coefficient (Wildman–Crippen LogP) is 1.47. The summed E-state index contributed by atoms with van der Waals surface area (Å²) >= 11 is 0. The van der Waals surface area contributed by atoms with Crippen LogP contribution in [0, 0.1) is 0 Å². The van der Waals surface area contributed by atoms with E-state index in [0.29, 0.717) is 0 Å². The molecule has 1 aromatic carbocycles. The van der Waals surface area contributed by atoms with Gasteiger partial charge in [0, 0.05) is 37.9 Å². The van der Waals surface area contributed by atoms with Crippen LogP contribution < -0.4 is 15.4 Å². The lowest BCUT2D eigenvalue weighted by Crippen LogP contribution is -2.53. The van der Waals surface area contributed by atoms with E-state index in [2.05, 4.69) is 11.0 Å². The number of amides is 1. The van der Waals surface area contributed by atoms with Crippen molar-refractivity contribution in [2.24, 2.45) is 5.73 Å². The standard InChI is InChI=1S/C16H25N3O2/c1-3-5-15(17)16(20)19-10-8-18(9-11-19)13-6-4-7-14(12-13)21-2/h4,6-7,12,15H,3,5,8-11,17H2,1-2H3. The van der Waals surface area contributed by atoms with Crippen LogP contribution in [0.1, 0.15) is 19.8 Å². The number of methoxy groups -OCH3 is 1. The van der Waals surface area contributed by atoms with Crippen LogP contribution in [0.3, 0.4) is 0 Å². The zero-order valence-corrected chi connectivity index (χ0v) is 12.9. The Balaban J connectivity index is 1.92. The van der Waals surface area contributed by atoms with Gasteiger partial charge in [0.1, 0.15) is 5.75 Å². The first-order valence-corrected chi connectivity index (χ1v) is 7.59. The van der Waals surface area contributed by atoms with Gasteiger partial charge < -0.3 is 20.3 Å². The smallest absolute Gasteiger partial charge is 0.239 e. The number of anilines is 1. The molecule has 1 saturated heterocycles. The summed E-state index contributed by atoms with van der Waals surface area (Å²) in [4.78, 5) is 16.4. The monoisotopic (exact) mass is 291 g/mol. The third-order valence-electron chi connectivity index (χ3n) is 3.93. The normalized spacial score (nSPS) is 16.7. The fourth-order valence-electron chi connectivity index (χ4n) is 2.66. The van der Waals surface area contributed by atoms with Gasteiger partial charge in [0.15, 0.2) is 0 Å². The Morgan fingerprint density at radius 2 is 2.05 bits per heavy atom. The number of carbonyl (C=O) groups excluding carboxylic acids is 1. The summed E-state index contributed by atoms with van der Waals surface area (Å²) < 4.78 is 5.26. The average Bonchev–Trinajstić information content (AvgIpc) is 2.54. The summed E-state index contributed by atoms with van der Waals surface area (Å²) in [6, 6.07) is 7.68. The fraction of sp³-hybridized carbons (Fsp3) is 0.562. The first-order chi connectivity index (χ1) is 10.2. The SMILES string of the molecule is CCCC(N)C(=O)N1CCN(c2cccc(OC)c2)CC1. The molecule has 0 saturated carbocycles. The molecular weight excluding hydrogens is 266 g/mol. The Kier molecular flexibility index (Phi) is 5.44. The van der Waals surface area contributed by atoms with E-state index in [9.17, 15) is 4.79 Å². The van der Waals surface area contributed by atoms with Gasteiger partial charge in [0.2, 0.25) is 5.91 Å².